The van der Waals surface area contributed by atoms with Crippen molar-refractivity contribution in [3.05, 3.63) is 42.5 Å². The normalized spacial score (nSPS) is 12.7. The topological polar surface area (TPSA) is 102 Å². The van der Waals surface area contributed by atoms with E-state index in [0.717, 1.165) is 23.6 Å². The summed E-state index contributed by atoms with van der Waals surface area (Å²) in [5.41, 5.74) is 0. The Morgan fingerprint density at radius 3 is 2.40 bits per heavy atom. The number of nitrogens with one attached hydrogen (secondary N) is 2. The van der Waals surface area contributed by atoms with Gasteiger partial charge in [0.25, 0.3) is 5.91 Å². The molecule has 30 heavy (non-hydrogen) atoms. The molecule has 0 spiro atoms. The third-order valence-corrected chi connectivity index (χ3v) is 6.06. The van der Waals surface area contributed by atoms with Gasteiger partial charge in [-0.05, 0) is 48.6 Å². The van der Waals surface area contributed by atoms with E-state index in [1.54, 1.807) is 12.1 Å². The number of carbonyl (C=O) groups excluding carboxylic acids is 2. The molecule has 2 rings (SSSR count). The summed E-state index contributed by atoms with van der Waals surface area (Å²) in [6.07, 6.45) is 1.69. The number of ether oxygens (including phenoxy) is 1. The van der Waals surface area contributed by atoms with Crippen molar-refractivity contribution < 1.29 is 22.7 Å². The second-order valence-electron chi connectivity index (χ2n) is 7.76. The average Bonchev–Trinajstić information content (AvgIpc) is 2.70. The van der Waals surface area contributed by atoms with Crippen LogP contribution in [0.4, 0.5) is 0 Å². The van der Waals surface area contributed by atoms with Crippen LogP contribution in [0.5, 0.6) is 0 Å². The maximum absolute atomic E-state index is 12.4. The molecule has 0 bridgehead atoms. The van der Waals surface area contributed by atoms with Crippen molar-refractivity contribution in [1.29, 1.82) is 0 Å². The largest absolute Gasteiger partial charge is 0.456 e. The van der Waals surface area contributed by atoms with E-state index in [1.807, 2.05) is 31.2 Å². The standard InChI is InChI=1S/C22H30N2O5S/c1-16(2)8-9-17(3)24-21(25)15-29-22(26)12-13-23-30(27,28)20-11-10-18-6-4-5-7-19(18)14-20/h4-7,10-11,14,16-17,23H,8-9,12-13,15H2,1-3H3,(H,24,25)/t17-/m1/s1. The molecule has 2 aromatic carbocycles. The van der Waals surface area contributed by atoms with Crippen LogP contribution in [0.15, 0.2) is 47.4 Å². The molecule has 1 amide bonds. The number of sulfonamides is 1. The van der Waals surface area contributed by atoms with Gasteiger partial charge in [-0.25, -0.2) is 13.1 Å². The number of amides is 1. The van der Waals surface area contributed by atoms with Gasteiger partial charge in [-0.1, -0.05) is 44.2 Å². The number of rotatable bonds is 11. The molecule has 0 heterocycles. The Labute approximate surface area is 178 Å². The fourth-order valence-corrected chi connectivity index (χ4v) is 3.96. The summed E-state index contributed by atoms with van der Waals surface area (Å²) in [4.78, 5) is 23.8. The Balaban J connectivity index is 1.74. The minimum absolute atomic E-state index is 0.00682. The molecule has 0 saturated carbocycles. The Morgan fingerprint density at radius 2 is 1.70 bits per heavy atom. The maximum Gasteiger partial charge on any atom is 0.307 e. The van der Waals surface area contributed by atoms with Crippen LogP contribution in [-0.4, -0.2) is 39.5 Å². The van der Waals surface area contributed by atoms with Gasteiger partial charge in [-0.3, -0.25) is 9.59 Å². The predicted molar refractivity (Wildman–Crippen MR) is 116 cm³/mol. The number of carbonyl (C=O) groups is 2. The molecular weight excluding hydrogens is 404 g/mol. The summed E-state index contributed by atoms with van der Waals surface area (Å²) < 4.78 is 32.2. The molecule has 164 valence electrons. The maximum atomic E-state index is 12.4. The van der Waals surface area contributed by atoms with Crippen molar-refractivity contribution in [1.82, 2.24) is 10.0 Å². The van der Waals surface area contributed by atoms with Gasteiger partial charge >= 0.3 is 5.97 Å². The van der Waals surface area contributed by atoms with Crippen LogP contribution >= 0.6 is 0 Å². The summed E-state index contributed by atoms with van der Waals surface area (Å²) in [7, 11) is -3.75. The number of fused-ring (bicyclic) bond motifs is 1. The Hall–Kier alpha value is -2.45. The van der Waals surface area contributed by atoms with Crippen LogP contribution in [0.1, 0.15) is 40.0 Å². The Bertz CT molecular complexity index is 972. The Kier molecular flexibility index (Phi) is 8.80. The van der Waals surface area contributed by atoms with E-state index < -0.39 is 16.0 Å². The van der Waals surface area contributed by atoms with E-state index in [1.165, 1.54) is 6.07 Å². The lowest BCUT2D eigenvalue weighted by Gasteiger charge is -2.15. The third kappa shape index (κ3) is 7.76. The fraction of sp³-hybridized carbons (Fsp3) is 0.455. The number of hydrogen-bond donors (Lipinski definition) is 2. The minimum Gasteiger partial charge on any atom is -0.456 e. The highest BCUT2D eigenvalue weighted by atomic mass is 32.2. The first kappa shape index (κ1) is 23.8. The lowest BCUT2D eigenvalue weighted by molar-refractivity contribution is -0.148. The van der Waals surface area contributed by atoms with E-state index in [-0.39, 0.29) is 36.4 Å². The fourth-order valence-electron chi connectivity index (χ4n) is 2.90. The van der Waals surface area contributed by atoms with Crippen LogP contribution < -0.4 is 10.0 Å². The molecule has 0 saturated heterocycles. The second-order valence-corrected chi connectivity index (χ2v) is 9.52. The van der Waals surface area contributed by atoms with Gasteiger partial charge in [0, 0.05) is 12.6 Å². The zero-order valence-corrected chi connectivity index (χ0v) is 18.5. The van der Waals surface area contributed by atoms with Crippen molar-refractivity contribution in [2.24, 2.45) is 5.92 Å². The molecule has 1 atom stereocenters. The molecule has 0 fully saturated rings. The van der Waals surface area contributed by atoms with Crippen LogP contribution in [0.2, 0.25) is 0 Å². The quantitative estimate of drug-likeness (QED) is 0.530. The summed E-state index contributed by atoms with van der Waals surface area (Å²) in [6, 6.07) is 12.3. The molecule has 8 heteroatoms. The minimum atomic E-state index is -3.75. The molecule has 0 aromatic heterocycles. The van der Waals surface area contributed by atoms with Crippen molar-refractivity contribution in [3.8, 4) is 0 Å². The van der Waals surface area contributed by atoms with Gasteiger partial charge in [0.15, 0.2) is 6.61 Å². The SMILES string of the molecule is CC(C)CC[C@@H](C)NC(=O)COC(=O)CCNS(=O)(=O)c1ccc2ccccc2c1. The summed E-state index contributed by atoms with van der Waals surface area (Å²) in [5.74, 6) is -0.446. The molecule has 0 aliphatic carbocycles. The molecule has 2 N–H and O–H groups in total. The first-order valence-corrected chi connectivity index (χ1v) is 11.6. The van der Waals surface area contributed by atoms with Gasteiger partial charge in [0.2, 0.25) is 10.0 Å². The lowest BCUT2D eigenvalue weighted by atomic mass is 10.0. The van der Waals surface area contributed by atoms with Gasteiger partial charge < -0.3 is 10.1 Å². The van der Waals surface area contributed by atoms with E-state index in [4.69, 9.17) is 4.74 Å². The molecule has 2 aromatic rings. The highest BCUT2D eigenvalue weighted by Crippen LogP contribution is 2.18. The summed E-state index contributed by atoms with van der Waals surface area (Å²) in [6.45, 7) is 5.65. The van der Waals surface area contributed by atoms with Crippen LogP contribution in [0, 0.1) is 5.92 Å². The van der Waals surface area contributed by atoms with Crippen molar-refractivity contribution in [3.63, 3.8) is 0 Å². The van der Waals surface area contributed by atoms with E-state index >= 15 is 0 Å². The molecular formula is C22H30N2O5S. The van der Waals surface area contributed by atoms with Crippen LogP contribution in [0.25, 0.3) is 10.8 Å². The number of esters is 1. The van der Waals surface area contributed by atoms with Crippen LogP contribution in [0.3, 0.4) is 0 Å². The first-order chi connectivity index (χ1) is 14.2. The van der Waals surface area contributed by atoms with Gasteiger partial charge in [0.05, 0.1) is 11.3 Å². The average molecular weight is 435 g/mol. The van der Waals surface area contributed by atoms with Gasteiger partial charge in [-0.2, -0.15) is 0 Å². The monoisotopic (exact) mass is 434 g/mol. The van der Waals surface area contributed by atoms with E-state index in [9.17, 15) is 18.0 Å². The van der Waals surface area contributed by atoms with Crippen molar-refractivity contribution >= 4 is 32.7 Å². The van der Waals surface area contributed by atoms with Crippen LogP contribution in [-0.2, 0) is 24.3 Å². The molecule has 7 nitrogen and oxygen atoms in total. The number of hydrogen-bond acceptors (Lipinski definition) is 5. The highest BCUT2D eigenvalue weighted by molar-refractivity contribution is 7.89. The van der Waals surface area contributed by atoms with E-state index in [2.05, 4.69) is 23.9 Å². The van der Waals surface area contributed by atoms with Crippen molar-refractivity contribution in [2.75, 3.05) is 13.2 Å². The molecule has 0 radical (unpaired) electrons. The summed E-state index contributed by atoms with van der Waals surface area (Å²) >= 11 is 0. The molecule has 0 aliphatic heterocycles. The molecule has 0 unspecified atom stereocenters. The third-order valence-electron chi connectivity index (χ3n) is 4.60. The zero-order valence-electron chi connectivity index (χ0n) is 17.7. The van der Waals surface area contributed by atoms with Crippen molar-refractivity contribution in [2.45, 2.75) is 51.0 Å². The second kappa shape index (κ2) is 11.1. The predicted octanol–water partition coefficient (Wildman–Crippen LogP) is 2.99. The number of benzene rings is 2. The highest BCUT2D eigenvalue weighted by Gasteiger charge is 2.16. The zero-order chi connectivity index (χ0) is 22.1. The molecule has 0 aliphatic rings. The van der Waals surface area contributed by atoms with E-state index in [0.29, 0.717) is 5.92 Å². The van der Waals surface area contributed by atoms with Gasteiger partial charge in [0.1, 0.15) is 0 Å². The smallest absolute Gasteiger partial charge is 0.307 e. The lowest BCUT2D eigenvalue weighted by Crippen LogP contribution is -2.36. The van der Waals surface area contributed by atoms with Gasteiger partial charge in [-0.15, -0.1) is 0 Å². The summed E-state index contributed by atoms with van der Waals surface area (Å²) in [5, 5.41) is 4.53. The Morgan fingerprint density at radius 1 is 1.00 bits per heavy atom. The first-order valence-electron chi connectivity index (χ1n) is 10.1.